The fourth-order valence-electron chi connectivity index (χ4n) is 4.05. The number of carbonyl (C=O) groups excluding carboxylic acids is 1. The molecule has 2 heterocycles. The van der Waals surface area contributed by atoms with Crippen LogP contribution in [0.4, 0.5) is 5.69 Å². The second-order valence-corrected chi connectivity index (χ2v) is 7.72. The number of hydrogen-bond acceptors (Lipinski definition) is 5. The Bertz CT molecular complexity index is 635. The topological polar surface area (TPSA) is 84.7 Å². The predicted octanol–water partition coefficient (Wildman–Crippen LogP) is 2.99. The van der Waals surface area contributed by atoms with E-state index < -0.39 is 4.92 Å². The smallest absolute Gasteiger partial charge is 0.269 e. The summed E-state index contributed by atoms with van der Waals surface area (Å²) in [6.07, 6.45) is 4.62. The van der Waals surface area contributed by atoms with E-state index in [1.807, 2.05) is 4.90 Å². The van der Waals surface area contributed by atoms with Crippen LogP contribution in [0.2, 0.25) is 0 Å². The molecule has 1 amide bonds. The molecule has 1 unspecified atom stereocenters. The number of ether oxygens (including phenoxy) is 1. The zero-order valence-electron chi connectivity index (χ0n) is 15.9. The summed E-state index contributed by atoms with van der Waals surface area (Å²) in [6.45, 7) is 5.77. The van der Waals surface area contributed by atoms with Gasteiger partial charge in [0.05, 0.1) is 4.92 Å². The molecular formula is C20H29N3O4. The van der Waals surface area contributed by atoms with Crippen molar-refractivity contribution >= 4 is 11.6 Å². The normalized spacial score (nSPS) is 20.3. The molecule has 3 rings (SSSR count). The van der Waals surface area contributed by atoms with Gasteiger partial charge in [-0.3, -0.25) is 14.9 Å². The van der Waals surface area contributed by atoms with Gasteiger partial charge in [0.15, 0.2) is 0 Å². The monoisotopic (exact) mass is 375 g/mol. The molecule has 2 aliphatic heterocycles. The zero-order valence-corrected chi connectivity index (χ0v) is 15.9. The molecule has 2 fully saturated rings. The van der Waals surface area contributed by atoms with E-state index in [4.69, 9.17) is 4.74 Å². The van der Waals surface area contributed by atoms with Crippen molar-refractivity contribution < 1.29 is 14.5 Å². The van der Waals surface area contributed by atoms with Crippen molar-refractivity contribution in [1.82, 2.24) is 10.2 Å². The van der Waals surface area contributed by atoms with Gasteiger partial charge in [0, 0.05) is 44.5 Å². The molecule has 1 N–H and O–H groups in total. The van der Waals surface area contributed by atoms with Gasteiger partial charge in [0.25, 0.3) is 5.69 Å². The summed E-state index contributed by atoms with van der Waals surface area (Å²) < 4.78 is 5.93. The summed E-state index contributed by atoms with van der Waals surface area (Å²) in [5.41, 5.74) is 0.0608. The van der Waals surface area contributed by atoms with Crippen LogP contribution in [0.15, 0.2) is 24.3 Å². The van der Waals surface area contributed by atoms with E-state index in [0.29, 0.717) is 24.0 Å². The van der Waals surface area contributed by atoms with Crippen LogP contribution in [-0.2, 0) is 4.79 Å². The molecule has 0 bridgehead atoms. The van der Waals surface area contributed by atoms with Crippen molar-refractivity contribution in [1.29, 1.82) is 0 Å². The molecule has 2 saturated heterocycles. The highest BCUT2D eigenvalue weighted by atomic mass is 16.6. The highest BCUT2D eigenvalue weighted by molar-refractivity contribution is 5.76. The van der Waals surface area contributed by atoms with Gasteiger partial charge in [0.1, 0.15) is 11.9 Å². The SMILES string of the molecule is CC(CC(=O)N1CCC(Oc2ccc([N+](=O)[O-])cc2)CC1)C1CCNCC1. The van der Waals surface area contributed by atoms with Gasteiger partial charge in [-0.1, -0.05) is 6.92 Å². The van der Waals surface area contributed by atoms with Crippen molar-refractivity contribution in [3.8, 4) is 5.75 Å². The van der Waals surface area contributed by atoms with Crippen LogP contribution in [0, 0.1) is 22.0 Å². The molecule has 148 valence electrons. The second kappa shape index (κ2) is 9.17. The van der Waals surface area contributed by atoms with E-state index in [1.54, 1.807) is 12.1 Å². The second-order valence-electron chi connectivity index (χ2n) is 7.72. The molecule has 1 aromatic rings. The van der Waals surface area contributed by atoms with Crippen LogP contribution in [0.3, 0.4) is 0 Å². The first-order valence-electron chi connectivity index (χ1n) is 9.92. The van der Waals surface area contributed by atoms with Crippen molar-refractivity contribution in [2.75, 3.05) is 26.2 Å². The number of rotatable bonds is 6. The third kappa shape index (κ3) is 5.42. The van der Waals surface area contributed by atoms with Crippen LogP contribution in [0.25, 0.3) is 0 Å². The Morgan fingerprint density at radius 3 is 2.44 bits per heavy atom. The lowest BCUT2D eigenvalue weighted by atomic mass is 9.84. The molecule has 27 heavy (non-hydrogen) atoms. The van der Waals surface area contributed by atoms with Crippen LogP contribution >= 0.6 is 0 Å². The summed E-state index contributed by atoms with van der Waals surface area (Å²) in [5.74, 6) is 1.99. The number of hydrogen-bond donors (Lipinski definition) is 1. The Hall–Kier alpha value is -2.15. The van der Waals surface area contributed by atoms with Gasteiger partial charge in [-0.15, -0.1) is 0 Å². The number of non-ortho nitro benzene ring substituents is 1. The summed E-state index contributed by atoms with van der Waals surface area (Å²) in [7, 11) is 0. The summed E-state index contributed by atoms with van der Waals surface area (Å²) in [4.78, 5) is 24.9. The van der Waals surface area contributed by atoms with Crippen LogP contribution < -0.4 is 10.1 Å². The van der Waals surface area contributed by atoms with Gasteiger partial charge in [-0.05, 0) is 49.9 Å². The number of benzene rings is 1. The van der Waals surface area contributed by atoms with Crippen LogP contribution in [0.1, 0.15) is 39.0 Å². The third-order valence-electron chi connectivity index (χ3n) is 5.83. The van der Waals surface area contributed by atoms with Crippen molar-refractivity contribution in [2.45, 2.75) is 45.1 Å². The van der Waals surface area contributed by atoms with Gasteiger partial charge < -0.3 is 15.0 Å². The molecule has 0 saturated carbocycles. The zero-order chi connectivity index (χ0) is 19.2. The maximum Gasteiger partial charge on any atom is 0.269 e. The minimum atomic E-state index is -0.418. The van der Waals surface area contributed by atoms with E-state index in [2.05, 4.69) is 12.2 Å². The van der Waals surface area contributed by atoms with E-state index >= 15 is 0 Å². The maximum absolute atomic E-state index is 12.6. The van der Waals surface area contributed by atoms with E-state index in [-0.39, 0.29) is 17.7 Å². The molecule has 0 radical (unpaired) electrons. The van der Waals surface area contributed by atoms with Gasteiger partial charge in [-0.2, -0.15) is 0 Å². The summed E-state index contributed by atoms with van der Waals surface area (Å²) in [6, 6.07) is 6.18. The standard InChI is InChI=1S/C20H29N3O4/c1-15(16-6-10-21-11-7-16)14-20(24)22-12-8-19(9-13-22)27-18-4-2-17(3-5-18)23(25)26/h2-5,15-16,19,21H,6-14H2,1H3. The average molecular weight is 375 g/mol. The summed E-state index contributed by atoms with van der Waals surface area (Å²) in [5, 5.41) is 14.1. The Kier molecular flexibility index (Phi) is 6.66. The quantitative estimate of drug-likeness (QED) is 0.610. The lowest BCUT2D eigenvalue weighted by molar-refractivity contribution is -0.384. The lowest BCUT2D eigenvalue weighted by Gasteiger charge is -2.34. The van der Waals surface area contributed by atoms with Crippen molar-refractivity contribution in [2.24, 2.45) is 11.8 Å². The average Bonchev–Trinajstić information content (AvgIpc) is 2.69. The number of piperidine rings is 2. The van der Waals surface area contributed by atoms with E-state index in [1.165, 1.54) is 25.0 Å². The highest BCUT2D eigenvalue weighted by Crippen LogP contribution is 2.26. The van der Waals surface area contributed by atoms with Crippen LogP contribution in [-0.4, -0.2) is 48.0 Å². The van der Waals surface area contributed by atoms with Gasteiger partial charge in [-0.25, -0.2) is 0 Å². The van der Waals surface area contributed by atoms with Crippen molar-refractivity contribution in [3.63, 3.8) is 0 Å². The Labute approximate surface area is 160 Å². The first-order valence-corrected chi connectivity index (χ1v) is 9.92. The minimum absolute atomic E-state index is 0.0531. The predicted molar refractivity (Wildman–Crippen MR) is 103 cm³/mol. The molecule has 7 nitrogen and oxygen atoms in total. The Morgan fingerprint density at radius 2 is 1.85 bits per heavy atom. The lowest BCUT2D eigenvalue weighted by Crippen LogP contribution is -2.43. The maximum atomic E-state index is 12.6. The highest BCUT2D eigenvalue weighted by Gasteiger charge is 2.27. The van der Waals surface area contributed by atoms with E-state index in [0.717, 1.165) is 39.0 Å². The van der Waals surface area contributed by atoms with Gasteiger partial charge >= 0.3 is 0 Å². The molecule has 2 aliphatic rings. The molecule has 1 atom stereocenters. The number of nitrogens with one attached hydrogen (secondary N) is 1. The molecule has 7 heteroatoms. The first kappa shape index (κ1) is 19.6. The number of carbonyl (C=O) groups is 1. The fourth-order valence-corrected chi connectivity index (χ4v) is 4.05. The number of amides is 1. The first-order chi connectivity index (χ1) is 13.0. The third-order valence-corrected chi connectivity index (χ3v) is 5.83. The molecule has 0 aromatic heterocycles. The summed E-state index contributed by atoms with van der Waals surface area (Å²) >= 11 is 0. The number of likely N-dealkylation sites (tertiary alicyclic amines) is 1. The molecule has 0 aliphatic carbocycles. The molecule has 1 aromatic carbocycles. The minimum Gasteiger partial charge on any atom is -0.490 e. The van der Waals surface area contributed by atoms with Crippen LogP contribution in [0.5, 0.6) is 5.75 Å². The Balaban J connectivity index is 1.42. The Morgan fingerprint density at radius 1 is 1.22 bits per heavy atom. The van der Waals surface area contributed by atoms with E-state index in [9.17, 15) is 14.9 Å². The fraction of sp³-hybridized carbons (Fsp3) is 0.650. The molecular weight excluding hydrogens is 346 g/mol. The number of nitro benzene ring substituents is 1. The van der Waals surface area contributed by atoms with Crippen molar-refractivity contribution in [3.05, 3.63) is 34.4 Å². The molecule has 0 spiro atoms. The largest absolute Gasteiger partial charge is 0.490 e. The number of nitro groups is 1. The number of nitrogens with zero attached hydrogens (tertiary/aromatic N) is 2. The van der Waals surface area contributed by atoms with Gasteiger partial charge in [0.2, 0.25) is 5.91 Å².